The summed E-state index contributed by atoms with van der Waals surface area (Å²) in [6.45, 7) is 0.569. The minimum absolute atomic E-state index is 0.0875. The van der Waals surface area contributed by atoms with E-state index in [0.29, 0.717) is 18.5 Å². The number of rotatable bonds is 7. The summed E-state index contributed by atoms with van der Waals surface area (Å²) in [7, 11) is 0. The van der Waals surface area contributed by atoms with E-state index in [1.807, 2.05) is 60.8 Å². The first-order chi connectivity index (χ1) is 12.3. The van der Waals surface area contributed by atoms with Crippen LogP contribution in [0.4, 0.5) is 0 Å². The maximum atomic E-state index is 12.5. The van der Waals surface area contributed by atoms with Crippen molar-refractivity contribution in [3.8, 4) is 5.69 Å². The van der Waals surface area contributed by atoms with Gasteiger partial charge in [-0.25, -0.2) is 4.68 Å². The standard InChI is InChI=1S/C20H21N3O2/c24-13-10-18(16-6-2-1-3-7-16)15-21-20(25)17-8-4-9-19(14-17)23-12-5-11-22-23/h1-9,11-12,14,18,24H,10,13,15H2,(H,21,25). The van der Waals surface area contributed by atoms with Crippen LogP contribution in [0.3, 0.4) is 0 Å². The average molecular weight is 335 g/mol. The molecule has 2 aromatic carbocycles. The lowest BCUT2D eigenvalue weighted by molar-refractivity contribution is 0.0949. The Kier molecular flexibility index (Phi) is 5.59. The number of hydrogen-bond acceptors (Lipinski definition) is 3. The van der Waals surface area contributed by atoms with Gasteiger partial charge in [0.2, 0.25) is 0 Å². The van der Waals surface area contributed by atoms with Gasteiger partial charge >= 0.3 is 0 Å². The molecule has 1 heterocycles. The number of carbonyl (C=O) groups excluding carboxylic acids is 1. The predicted octanol–water partition coefficient (Wildman–Crippen LogP) is 2.77. The zero-order valence-electron chi connectivity index (χ0n) is 13.9. The summed E-state index contributed by atoms with van der Waals surface area (Å²) in [4.78, 5) is 12.5. The largest absolute Gasteiger partial charge is 0.396 e. The maximum absolute atomic E-state index is 12.5. The van der Waals surface area contributed by atoms with Crippen molar-refractivity contribution in [3.63, 3.8) is 0 Å². The molecule has 0 saturated carbocycles. The number of hydrogen-bond donors (Lipinski definition) is 2. The molecule has 0 bridgehead atoms. The molecule has 2 N–H and O–H groups in total. The number of amides is 1. The highest BCUT2D eigenvalue weighted by Crippen LogP contribution is 2.18. The Labute approximate surface area is 146 Å². The summed E-state index contributed by atoms with van der Waals surface area (Å²) in [6, 6.07) is 19.1. The lowest BCUT2D eigenvalue weighted by Crippen LogP contribution is -2.29. The quantitative estimate of drug-likeness (QED) is 0.698. The van der Waals surface area contributed by atoms with Crippen molar-refractivity contribution in [1.82, 2.24) is 15.1 Å². The first-order valence-electron chi connectivity index (χ1n) is 8.32. The van der Waals surface area contributed by atoms with Gasteiger partial charge < -0.3 is 10.4 Å². The smallest absolute Gasteiger partial charge is 0.251 e. The summed E-state index contributed by atoms with van der Waals surface area (Å²) < 4.78 is 1.72. The summed E-state index contributed by atoms with van der Waals surface area (Å²) in [5.74, 6) is -0.0441. The second kappa shape index (κ2) is 8.26. The van der Waals surface area contributed by atoms with Crippen LogP contribution in [0.15, 0.2) is 73.1 Å². The first kappa shape index (κ1) is 16.9. The van der Waals surface area contributed by atoms with Crippen LogP contribution in [0.1, 0.15) is 28.3 Å². The molecule has 1 amide bonds. The Morgan fingerprint density at radius 1 is 1.12 bits per heavy atom. The summed E-state index contributed by atoms with van der Waals surface area (Å²) >= 11 is 0. The van der Waals surface area contributed by atoms with Crippen LogP contribution < -0.4 is 5.32 Å². The molecule has 1 unspecified atom stereocenters. The molecule has 128 valence electrons. The van der Waals surface area contributed by atoms with Crippen molar-refractivity contribution in [2.24, 2.45) is 0 Å². The Balaban J connectivity index is 1.68. The zero-order chi connectivity index (χ0) is 17.5. The second-order valence-corrected chi connectivity index (χ2v) is 5.83. The molecular weight excluding hydrogens is 314 g/mol. The zero-order valence-corrected chi connectivity index (χ0v) is 13.9. The third kappa shape index (κ3) is 4.33. The molecule has 0 spiro atoms. The molecular formula is C20H21N3O2. The van der Waals surface area contributed by atoms with Crippen molar-refractivity contribution in [2.75, 3.05) is 13.2 Å². The van der Waals surface area contributed by atoms with Gasteiger partial charge in [-0.15, -0.1) is 0 Å². The molecule has 0 aliphatic carbocycles. The molecule has 5 nitrogen and oxygen atoms in total. The number of nitrogens with zero attached hydrogens (tertiary/aromatic N) is 2. The van der Waals surface area contributed by atoms with Gasteiger partial charge in [0.15, 0.2) is 0 Å². The number of benzene rings is 2. The second-order valence-electron chi connectivity index (χ2n) is 5.83. The molecule has 0 radical (unpaired) electrons. The lowest BCUT2D eigenvalue weighted by Gasteiger charge is -2.17. The predicted molar refractivity (Wildman–Crippen MR) is 96.8 cm³/mol. The number of aromatic nitrogens is 2. The lowest BCUT2D eigenvalue weighted by atomic mass is 9.96. The molecule has 0 fully saturated rings. The number of nitrogens with one attached hydrogen (secondary N) is 1. The van der Waals surface area contributed by atoms with Crippen LogP contribution in [0.2, 0.25) is 0 Å². The van der Waals surface area contributed by atoms with E-state index in [1.54, 1.807) is 16.9 Å². The number of aliphatic hydroxyl groups is 1. The third-order valence-electron chi connectivity index (χ3n) is 4.13. The van der Waals surface area contributed by atoms with Gasteiger partial charge in [0.1, 0.15) is 0 Å². The van der Waals surface area contributed by atoms with Crippen molar-refractivity contribution in [1.29, 1.82) is 0 Å². The van der Waals surface area contributed by atoms with Crippen LogP contribution in [-0.4, -0.2) is 33.9 Å². The van der Waals surface area contributed by atoms with Crippen molar-refractivity contribution >= 4 is 5.91 Å². The molecule has 5 heteroatoms. The van der Waals surface area contributed by atoms with E-state index in [0.717, 1.165) is 11.3 Å². The Morgan fingerprint density at radius 2 is 1.96 bits per heavy atom. The van der Waals surface area contributed by atoms with E-state index >= 15 is 0 Å². The van der Waals surface area contributed by atoms with E-state index in [1.165, 1.54) is 0 Å². The Morgan fingerprint density at radius 3 is 2.68 bits per heavy atom. The van der Waals surface area contributed by atoms with Crippen LogP contribution in [0, 0.1) is 0 Å². The highest BCUT2D eigenvalue weighted by Gasteiger charge is 2.13. The Bertz CT molecular complexity index is 801. The molecule has 0 aliphatic rings. The fourth-order valence-corrected chi connectivity index (χ4v) is 2.80. The van der Waals surface area contributed by atoms with Crippen molar-refractivity contribution < 1.29 is 9.90 Å². The van der Waals surface area contributed by atoms with Crippen LogP contribution >= 0.6 is 0 Å². The minimum Gasteiger partial charge on any atom is -0.396 e. The van der Waals surface area contributed by atoms with Crippen molar-refractivity contribution in [3.05, 3.63) is 84.2 Å². The maximum Gasteiger partial charge on any atom is 0.251 e. The number of carbonyl (C=O) groups is 1. The number of aliphatic hydroxyl groups excluding tert-OH is 1. The van der Waals surface area contributed by atoms with Crippen LogP contribution in [0.25, 0.3) is 5.69 Å². The van der Waals surface area contributed by atoms with Gasteiger partial charge in [-0.1, -0.05) is 36.4 Å². The SMILES string of the molecule is O=C(NCC(CCO)c1ccccc1)c1cccc(-n2cccn2)c1. The molecule has 0 aliphatic heterocycles. The first-order valence-corrected chi connectivity index (χ1v) is 8.32. The van der Waals surface area contributed by atoms with E-state index in [-0.39, 0.29) is 18.4 Å². The normalized spacial score (nSPS) is 11.9. The average Bonchev–Trinajstić information content (AvgIpc) is 3.20. The van der Waals surface area contributed by atoms with Gasteiger partial charge in [-0.3, -0.25) is 4.79 Å². The van der Waals surface area contributed by atoms with E-state index in [2.05, 4.69) is 10.4 Å². The van der Waals surface area contributed by atoms with Crippen LogP contribution in [-0.2, 0) is 0 Å². The summed E-state index contributed by atoms with van der Waals surface area (Å²) in [6.07, 6.45) is 4.15. The van der Waals surface area contributed by atoms with Gasteiger partial charge in [0.25, 0.3) is 5.91 Å². The highest BCUT2D eigenvalue weighted by atomic mass is 16.3. The molecule has 25 heavy (non-hydrogen) atoms. The Hall–Kier alpha value is -2.92. The summed E-state index contributed by atoms with van der Waals surface area (Å²) in [5, 5.41) is 16.5. The van der Waals surface area contributed by atoms with Gasteiger partial charge in [0.05, 0.1) is 5.69 Å². The molecule has 1 aromatic heterocycles. The fourth-order valence-electron chi connectivity index (χ4n) is 2.80. The van der Waals surface area contributed by atoms with E-state index < -0.39 is 0 Å². The minimum atomic E-state index is -0.132. The molecule has 1 atom stereocenters. The van der Waals surface area contributed by atoms with Crippen molar-refractivity contribution in [2.45, 2.75) is 12.3 Å². The van der Waals surface area contributed by atoms with E-state index in [4.69, 9.17) is 0 Å². The summed E-state index contributed by atoms with van der Waals surface area (Å²) in [5.41, 5.74) is 2.54. The molecule has 3 aromatic rings. The molecule has 3 rings (SSSR count). The third-order valence-corrected chi connectivity index (χ3v) is 4.13. The molecule has 0 saturated heterocycles. The van der Waals surface area contributed by atoms with Gasteiger partial charge in [-0.2, -0.15) is 5.10 Å². The van der Waals surface area contributed by atoms with Gasteiger partial charge in [0, 0.05) is 37.0 Å². The highest BCUT2D eigenvalue weighted by molar-refractivity contribution is 5.94. The van der Waals surface area contributed by atoms with E-state index in [9.17, 15) is 9.90 Å². The monoisotopic (exact) mass is 335 g/mol. The van der Waals surface area contributed by atoms with Crippen LogP contribution in [0.5, 0.6) is 0 Å². The van der Waals surface area contributed by atoms with Gasteiger partial charge in [-0.05, 0) is 36.2 Å². The fraction of sp³-hybridized carbons (Fsp3) is 0.200. The topological polar surface area (TPSA) is 67.2 Å².